The number of urea groups is 1. The van der Waals surface area contributed by atoms with Crippen LogP contribution in [0.15, 0.2) is 36.7 Å². The lowest BCUT2D eigenvalue weighted by atomic mass is 10.1. The quantitative estimate of drug-likeness (QED) is 0.755. The highest BCUT2D eigenvalue weighted by molar-refractivity contribution is 5.74. The molecule has 3 N–H and O–H groups in total. The Morgan fingerprint density at radius 3 is 2.87 bits per heavy atom. The van der Waals surface area contributed by atoms with Gasteiger partial charge in [-0.15, -0.1) is 0 Å². The number of aliphatic hydroxyl groups excluding tert-OH is 1. The molecule has 1 aromatic heterocycles. The second-order valence-corrected chi connectivity index (χ2v) is 5.17. The lowest BCUT2D eigenvalue weighted by molar-refractivity contribution is 0.168. The maximum absolute atomic E-state index is 13.5. The Labute approximate surface area is 132 Å². The topological polar surface area (TPSA) is 79.2 Å². The SMILES string of the molecule is C[C@H](Cn1cccn1)NC(=O)NC[C@H](O)c1ccc(F)cc1F. The maximum Gasteiger partial charge on any atom is 0.315 e. The van der Waals surface area contributed by atoms with Gasteiger partial charge in [0, 0.05) is 36.6 Å². The van der Waals surface area contributed by atoms with Crippen LogP contribution in [-0.2, 0) is 6.54 Å². The fourth-order valence-electron chi connectivity index (χ4n) is 2.08. The number of halogens is 2. The minimum atomic E-state index is -1.26. The molecule has 0 fully saturated rings. The van der Waals surface area contributed by atoms with E-state index in [2.05, 4.69) is 15.7 Å². The summed E-state index contributed by atoms with van der Waals surface area (Å²) in [7, 11) is 0. The molecule has 0 aliphatic rings. The van der Waals surface area contributed by atoms with E-state index in [4.69, 9.17) is 0 Å². The number of amides is 2. The number of hydrogen-bond acceptors (Lipinski definition) is 3. The van der Waals surface area contributed by atoms with E-state index in [-0.39, 0.29) is 18.2 Å². The molecule has 0 saturated heterocycles. The van der Waals surface area contributed by atoms with E-state index in [0.717, 1.165) is 12.1 Å². The van der Waals surface area contributed by atoms with Gasteiger partial charge in [-0.1, -0.05) is 6.07 Å². The standard InChI is InChI=1S/C15H18F2N4O2/c1-10(9-21-6-2-5-19-21)20-15(23)18-8-14(22)12-4-3-11(16)7-13(12)17/h2-7,10,14,22H,8-9H2,1H3,(H2,18,20,23)/t10-,14+/m1/s1. The summed E-state index contributed by atoms with van der Waals surface area (Å²) in [5, 5.41) is 19.0. The summed E-state index contributed by atoms with van der Waals surface area (Å²) in [6.07, 6.45) is 2.15. The third-order valence-corrected chi connectivity index (χ3v) is 3.18. The fraction of sp³-hybridized carbons (Fsp3) is 0.333. The van der Waals surface area contributed by atoms with E-state index in [1.54, 1.807) is 30.1 Å². The third-order valence-electron chi connectivity index (χ3n) is 3.18. The van der Waals surface area contributed by atoms with E-state index in [9.17, 15) is 18.7 Å². The van der Waals surface area contributed by atoms with Gasteiger partial charge < -0.3 is 15.7 Å². The second kappa shape index (κ2) is 7.68. The first-order valence-electron chi connectivity index (χ1n) is 7.10. The van der Waals surface area contributed by atoms with Gasteiger partial charge >= 0.3 is 6.03 Å². The molecule has 0 aliphatic carbocycles. The van der Waals surface area contributed by atoms with Crippen molar-refractivity contribution in [1.82, 2.24) is 20.4 Å². The molecule has 23 heavy (non-hydrogen) atoms. The minimum Gasteiger partial charge on any atom is -0.386 e. The van der Waals surface area contributed by atoms with Gasteiger partial charge in [0.25, 0.3) is 0 Å². The predicted octanol–water partition coefficient (Wildman–Crippen LogP) is 1.58. The normalized spacial score (nSPS) is 13.4. The largest absolute Gasteiger partial charge is 0.386 e. The van der Waals surface area contributed by atoms with Crippen LogP contribution in [0.2, 0.25) is 0 Å². The number of aliphatic hydroxyl groups is 1. The Morgan fingerprint density at radius 2 is 2.22 bits per heavy atom. The predicted molar refractivity (Wildman–Crippen MR) is 79.5 cm³/mol. The molecule has 2 rings (SSSR count). The molecule has 0 aliphatic heterocycles. The zero-order valence-corrected chi connectivity index (χ0v) is 12.5. The van der Waals surface area contributed by atoms with Crippen molar-refractivity contribution in [2.45, 2.75) is 25.6 Å². The number of carbonyl (C=O) groups is 1. The van der Waals surface area contributed by atoms with Crippen LogP contribution in [0.4, 0.5) is 13.6 Å². The fourth-order valence-corrected chi connectivity index (χ4v) is 2.08. The van der Waals surface area contributed by atoms with Gasteiger partial charge in [-0.05, 0) is 19.1 Å². The summed E-state index contributed by atoms with van der Waals surface area (Å²) < 4.78 is 28.0. The molecular formula is C15H18F2N4O2. The van der Waals surface area contributed by atoms with Crippen molar-refractivity contribution >= 4 is 6.03 Å². The van der Waals surface area contributed by atoms with Crippen molar-refractivity contribution in [2.24, 2.45) is 0 Å². The highest BCUT2D eigenvalue weighted by Crippen LogP contribution is 2.17. The Morgan fingerprint density at radius 1 is 1.43 bits per heavy atom. The van der Waals surface area contributed by atoms with Gasteiger partial charge in [0.15, 0.2) is 0 Å². The van der Waals surface area contributed by atoms with Gasteiger partial charge in [0.05, 0.1) is 12.6 Å². The summed E-state index contributed by atoms with van der Waals surface area (Å²) in [4.78, 5) is 11.7. The Bertz CT molecular complexity index is 649. The van der Waals surface area contributed by atoms with Crippen LogP contribution in [-0.4, -0.2) is 33.5 Å². The lowest BCUT2D eigenvalue weighted by Gasteiger charge is -2.17. The average Bonchev–Trinajstić information content (AvgIpc) is 2.97. The number of nitrogens with one attached hydrogen (secondary N) is 2. The van der Waals surface area contributed by atoms with Gasteiger partial charge in [-0.3, -0.25) is 4.68 Å². The van der Waals surface area contributed by atoms with Gasteiger partial charge in [-0.2, -0.15) is 5.10 Å². The first-order valence-corrected chi connectivity index (χ1v) is 7.10. The number of rotatable bonds is 6. The van der Waals surface area contributed by atoms with Crippen molar-refractivity contribution in [3.63, 3.8) is 0 Å². The summed E-state index contributed by atoms with van der Waals surface area (Å²) in [5.74, 6) is -1.58. The zero-order valence-electron chi connectivity index (χ0n) is 12.5. The summed E-state index contributed by atoms with van der Waals surface area (Å²) in [6, 6.07) is 3.98. The van der Waals surface area contributed by atoms with Gasteiger partial charge in [-0.25, -0.2) is 13.6 Å². The Hall–Kier alpha value is -2.48. The highest BCUT2D eigenvalue weighted by Gasteiger charge is 2.15. The molecule has 2 amide bonds. The lowest BCUT2D eigenvalue weighted by Crippen LogP contribution is -2.43. The van der Waals surface area contributed by atoms with Crippen LogP contribution in [0.25, 0.3) is 0 Å². The first-order chi connectivity index (χ1) is 11.0. The van der Waals surface area contributed by atoms with Crippen molar-refractivity contribution < 1.29 is 18.7 Å². The number of nitrogens with zero attached hydrogens (tertiary/aromatic N) is 2. The molecular weight excluding hydrogens is 306 g/mol. The summed E-state index contributed by atoms with van der Waals surface area (Å²) in [6.45, 7) is 2.11. The molecule has 2 atom stereocenters. The van der Waals surface area contributed by atoms with Crippen LogP contribution in [0.3, 0.4) is 0 Å². The summed E-state index contributed by atoms with van der Waals surface area (Å²) >= 11 is 0. The number of benzene rings is 1. The Balaban J connectivity index is 1.79. The molecule has 0 spiro atoms. The molecule has 1 aromatic carbocycles. The van der Waals surface area contributed by atoms with Crippen molar-refractivity contribution in [3.8, 4) is 0 Å². The van der Waals surface area contributed by atoms with Crippen molar-refractivity contribution in [1.29, 1.82) is 0 Å². The second-order valence-electron chi connectivity index (χ2n) is 5.17. The molecule has 8 heteroatoms. The van der Waals surface area contributed by atoms with Crippen LogP contribution in [0, 0.1) is 11.6 Å². The summed E-state index contributed by atoms with van der Waals surface area (Å²) in [5.41, 5.74) is -0.0729. The molecule has 6 nitrogen and oxygen atoms in total. The third kappa shape index (κ3) is 5.03. The molecule has 1 heterocycles. The van der Waals surface area contributed by atoms with Crippen molar-refractivity contribution in [2.75, 3.05) is 6.54 Å². The highest BCUT2D eigenvalue weighted by atomic mass is 19.1. The minimum absolute atomic E-state index is 0.0729. The van der Waals surface area contributed by atoms with E-state index in [0.29, 0.717) is 12.6 Å². The van der Waals surface area contributed by atoms with Crippen LogP contribution >= 0.6 is 0 Å². The van der Waals surface area contributed by atoms with Crippen LogP contribution in [0.5, 0.6) is 0 Å². The number of aromatic nitrogens is 2. The van der Waals surface area contributed by atoms with E-state index >= 15 is 0 Å². The first kappa shape index (κ1) is 16.9. The van der Waals surface area contributed by atoms with Crippen molar-refractivity contribution in [3.05, 3.63) is 53.9 Å². The Kier molecular flexibility index (Phi) is 5.64. The van der Waals surface area contributed by atoms with E-state index in [1.807, 2.05) is 0 Å². The van der Waals surface area contributed by atoms with Crippen LogP contribution < -0.4 is 10.6 Å². The van der Waals surface area contributed by atoms with Crippen LogP contribution in [0.1, 0.15) is 18.6 Å². The van der Waals surface area contributed by atoms with E-state index < -0.39 is 23.8 Å². The average molecular weight is 324 g/mol. The maximum atomic E-state index is 13.5. The van der Waals surface area contributed by atoms with E-state index in [1.165, 1.54) is 0 Å². The number of carbonyl (C=O) groups excluding carboxylic acids is 1. The zero-order chi connectivity index (χ0) is 16.8. The van der Waals surface area contributed by atoms with Gasteiger partial charge in [0.2, 0.25) is 0 Å². The monoisotopic (exact) mass is 324 g/mol. The molecule has 124 valence electrons. The van der Waals surface area contributed by atoms with Gasteiger partial charge in [0.1, 0.15) is 11.6 Å². The number of hydrogen-bond donors (Lipinski definition) is 3. The molecule has 0 saturated carbocycles. The molecule has 0 bridgehead atoms. The smallest absolute Gasteiger partial charge is 0.315 e. The molecule has 0 unspecified atom stereocenters. The molecule has 0 radical (unpaired) electrons. The molecule has 2 aromatic rings.